The summed E-state index contributed by atoms with van der Waals surface area (Å²) in [6, 6.07) is 4.15. The quantitative estimate of drug-likeness (QED) is 0.640. The first-order chi connectivity index (χ1) is 7.43. The van der Waals surface area contributed by atoms with Crippen molar-refractivity contribution in [3.63, 3.8) is 0 Å². The fraction of sp³-hybridized carbons (Fsp3) is 0.231. The molecule has 0 atom stereocenters. The summed E-state index contributed by atoms with van der Waals surface area (Å²) in [6.45, 7) is 1.30. The minimum absolute atomic E-state index is 0.647. The molecule has 2 nitrogen and oxygen atoms in total. The molecule has 0 saturated heterocycles. The summed E-state index contributed by atoms with van der Waals surface area (Å²) >= 11 is 0. The van der Waals surface area contributed by atoms with Gasteiger partial charge in [-0.05, 0) is 29.7 Å². The second-order valence-corrected chi connectivity index (χ2v) is 3.69. The molecule has 0 unspecified atom stereocenters. The van der Waals surface area contributed by atoms with Crippen molar-refractivity contribution < 1.29 is 9.47 Å². The minimum atomic E-state index is 0.647. The van der Waals surface area contributed by atoms with Gasteiger partial charge in [-0.25, -0.2) is 0 Å². The summed E-state index contributed by atoms with van der Waals surface area (Å²) < 4.78 is 11.1. The van der Waals surface area contributed by atoms with Crippen LogP contribution in [0.3, 0.4) is 0 Å². The number of hydrogen-bond acceptors (Lipinski definition) is 2. The van der Waals surface area contributed by atoms with Crippen LogP contribution in [0.1, 0.15) is 11.1 Å². The van der Waals surface area contributed by atoms with Crippen LogP contribution in [0.4, 0.5) is 0 Å². The lowest BCUT2D eigenvalue weighted by Gasteiger charge is -2.20. The van der Waals surface area contributed by atoms with Gasteiger partial charge in [-0.3, -0.25) is 0 Å². The summed E-state index contributed by atoms with van der Waals surface area (Å²) in [5.74, 6) is 1.75. The average Bonchev–Trinajstić information content (AvgIpc) is 2.50. The highest BCUT2D eigenvalue weighted by Gasteiger charge is 2.14. The SMILES string of the molecule is C1=CCc2cc3c(cc2C=C1)OCCO3. The Morgan fingerprint density at radius 1 is 0.933 bits per heavy atom. The van der Waals surface area contributed by atoms with Gasteiger partial charge in [-0.15, -0.1) is 0 Å². The Balaban J connectivity index is 2.11. The monoisotopic (exact) mass is 200 g/mol. The summed E-state index contributed by atoms with van der Waals surface area (Å²) in [4.78, 5) is 0. The molecule has 0 saturated carbocycles. The highest BCUT2D eigenvalue weighted by molar-refractivity contribution is 5.63. The Morgan fingerprint density at radius 3 is 2.60 bits per heavy atom. The van der Waals surface area contributed by atoms with Crippen LogP contribution >= 0.6 is 0 Å². The molecule has 0 radical (unpaired) electrons. The molecule has 1 aliphatic carbocycles. The third kappa shape index (κ3) is 1.52. The molecule has 76 valence electrons. The minimum Gasteiger partial charge on any atom is -0.486 e. The molecule has 0 fully saturated rings. The van der Waals surface area contributed by atoms with Gasteiger partial charge >= 0.3 is 0 Å². The van der Waals surface area contributed by atoms with Gasteiger partial charge in [0.2, 0.25) is 0 Å². The molecular formula is C13H12O2. The predicted octanol–water partition coefficient (Wildman–Crippen LogP) is 2.58. The summed E-state index contributed by atoms with van der Waals surface area (Å²) in [5.41, 5.74) is 2.52. The molecule has 2 heteroatoms. The molecule has 1 aromatic rings. The fourth-order valence-corrected chi connectivity index (χ4v) is 1.91. The Labute approximate surface area is 88.8 Å². The van der Waals surface area contributed by atoms with E-state index in [0.717, 1.165) is 17.9 Å². The van der Waals surface area contributed by atoms with E-state index in [1.54, 1.807) is 0 Å². The first kappa shape index (κ1) is 8.60. The van der Waals surface area contributed by atoms with E-state index in [1.165, 1.54) is 11.1 Å². The van der Waals surface area contributed by atoms with Gasteiger partial charge in [0.25, 0.3) is 0 Å². The molecule has 2 aliphatic rings. The maximum Gasteiger partial charge on any atom is 0.161 e. The molecule has 0 bridgehead atoms. The first-order valence-corrected chi connectivity index (χ1v) is 5.19. The lowest BCUT2D eigenvalue weighted by molar-refractivity contribution is 0.171. The van der Waals surface area contributed by atoms with E-state index in [2.05, 4.69) is 36.4 Å². The van der Waals surface area contributed by atoms with Crippen LogP contribution in [0.15, 0.2) is 30.4 Å². The zero-order valence-electron chi connectivity index (χ0n) is 8.40. The maximum absolute atomic E-state index is 5.56. The third-order valence-electron chi connectivity index (χ3n) is 2.66. The number of hydrogen-bond donors (Lipinski definition) is 0. The van der Waals surface area contributed by atoms with Crippen molar-refractivity contribution in [1.82, 2.24) is 0 Å². The standard InChI is InChI=1S/C13H12O2/c1-2-4-10-8-12-13(15-7-6-14-12)9-11(10)5-3-1/h1-4,8-9H,5-7H2. The van der Waals surface area contributed by atoms with E-state index in [1.807, 2.05) is 0 Å². The topological polar surface area (TPSA) is 18.5 Å². The predicted molar refractivity (Wildman–Crippen MR) is 59.3 cm³/mol. The zero-order chi connectivity index (χ0) is 10.1. The van der Waals surface area contributed by atoms with Gasteiger partial charge in [0.05, 0.1) is 0 Å². The van der Waals surface area contributed by atoms with Gasteiger partial charge in [-0.2, -0.15) is 0 Å². The molecule has 0 amide bonds. The highest BCUT2D eigenvalue weighted by Crippen LogP contribution is 2.34. The number of allylic oxidation sites excluding steroid dienone is 3. The molecule has 1 heterocycles. The highest BCUT2D eigenvalue weighted by atomic mass is 16.6. The summed E-state index contributed by atoms with van der Waals surface area (Å²) in [6.07, 6.45) is 9.34. The van der Waals surface area contributed by atoms with E-state index in [0.29, 0.717) is 13.2 Å². The molecule has 0 spiro atoms. The molecular weight excluding hydrogens is 188 g/mol. The Morgan fingerprint density at radius 2 is 1.73 bits per heavy atom. The zero-order valence-corrected chi connectivity index (χ0v) is 8.40. The van der Waals surface area contributed by atoms with Crippen LogP contribution in [-0.4, -0.2) is 13.2 Å². The molecule has 3 rings (SSSR count). The van der Waals surface area contributed by atoms with E-state index >= 15 is 0 Å². The molecule has 1 aromatic carbocycles. The van der Waals surface area contributed by atoms with E-state index < -0.39 is 0 Å². The van der Waals surface area contributed by atoms with Gasteiger partial charge in [0.15, 0.2) is 11.5 Å². The molecule has 15 heavy (non-hydrogen) atoms. The Hall–Kier alpha value is -1.70. The van der Waals surface area contributed by atoms with Crippen LogP contribution in [0, 0.1) is 0 Å². The van der Waals surface area contributed by atoms with E-state index in [-0.39, 0.29) is 0 Å². The lowest BCUT2D eigenvalue weighted by atomic mass is 10.0. The average molecular weight is 200 g/mol. The van der Waals surface area contributed by atoms with Gasteiger partial charge in [0.1, 0.15) is 13.2 Å². The third-order valence-corrected chi connectivity index (χ3v) is 2.66. The lowest BCUT2D eigenvalue weighted by Crippen LogP contribution is -2.15. The number of ether oxygens (including phenoxy) is 2. The van der Waals surface area contributed by atoms with Crippen LogP contribution in [-0.2, 0) is 6.42 Å². The van der Waals surface area contributed by atoms with Crippen molar-refractivity contribution >= 4 is 6.08 Å². The molecule has 0 N–H and O–H groups in total. The van der Waals surface area contributed by atoms with Crippen molar-refractivity contribution in [2.75, 3.05) is 13.2 Å². The van der Waals surface area contributed by atoms with Crippen LogP contribution in [0.5, 0.6) is 11.5 Å². The Kier molecular flexibility index (Phi) is 1.98. The van der Waals surface area contributed by atoms with Crippen molar-refractivity contribution in [3.8, 4) is 11.5 Å². The van der Waals surface area contributed by atoms with Crippen LogP contribution in [0.25, 0.3) is 6.08 Å². The smallest absolute Gasteiger partial charge is 0.161 e. The van der Waals surface area contributed by atoms with Crippen LogP contribution < -0.4 is 9.47 Å². The van der Waals surface area contributed by atoms with Crippen molar-refractivity contribution in [1.29, 1.82) is 0 Å². The maximum atomic E-state index is 5.56. The van der Waals surface area contributed by atoms with Crippen molar-refractivity contribution in [2.45, 2.75) is 6.42 Å². The number of rotatable bonds is 0. The normalized spacial score (nSPS) is 17.1. The van der Waals surface area contributed by atoms with E-state index in [4.69, 9.17) is 9.47 Å². The first-order valence-electron chi connectivity index (χ1n) is 5.19. The summed E-state index contributed by atoms with van der Waals surface area (Å²) in [5, 5.41) is 0. The van der Waals surface area contributed by atoms with E-state index in [9.17, 15) is 0 Å². The van der Waals surface area contributed by atoms with Crippen LogP contribution in [0.2, 0.25) is 0 Å². The fourth-order valence-electron chi connectivity index (χ4n) is 1.91. The Bertz CT molecular complexity index is 444. The van der Waals surface area contributed by atoms with Gasteiger partial charge in [0, 0.05) is 0 Å². The largest absolute Gasteiger partial charge is 0.486 e. The number of benzene rings is 1. The van der Waals surface area contributed by atoms with Crippen molar-refractivity contribution in [2.24, 2.45) is 0 Å². The second-order valence-electron chi connectivity index (χ2n) is 3.69. The summed E-state index contributed by atoms with van der Waals surface area (Å²) in [7, 11) is 0. The second kappa shape index (κ2) is 3.46. The molecule has 1 aliphatic heterocycles. The molecule has 0 aromatic heterocycles. The van der Waals surface area contributed by atoms with Crippen molar-refractivity contribution in [3.05, 3.63) is 41.5 Å². The van der Waals surface area contributed by atoms with Gasteiger partial charge < -0.3 is 9.47 Å². The number of fused-ring (bicyclic) bond motifs is 2. The van der Waals surface area contributed by atoms with Gasteiger partial charge in [-0.1, -0.05) is 24.3 Å².